The van der Waals surface area contributed by atoms with Gasteiger partial charge in [0, 0.05) is 18.7 Å². The number of nitrogens with zero attached hydrogens (tertiary/aromatic N) is 3. The highest BCUT2D eigenvalue weighted by Crippen LogP contribution is 2.32. The molecule has 0 bridgehead atoms. The quantitative estimate of drug-likeness (QED) is 0.830. The summed E-state index contributed by atoms with van der Waals surface area (Å²) in [6.07, 6.45) is 1.80. The molecule has 0 saturated carbocycles. The van der Waals surface area contributed by atoms with Crippen LogP contribution in [0.15, 0.2) is 54.2 Å². The van der Waals surface area contributed by atoms with E-state index in [0.717, 1.165) is 11.1 Å². The average molecular weight is 407 g/mol. The van der Waals surface area contributed by atoms with Crippen LogP contribution in [0, 0.1) is 24.1 Å². The molecule has 1 amide bonds. The Morgan fingerprint density at radius 3 is 2.53 bits per heavy atom. The minimum atomic E-state index is -0.364. The van der Waals surface area contributed by atoms with Crippen molar-refractivity contribution < 1.29 is 9.18 Å². The fourth-order valence-corrected chi connectivity index (χ4v) is 3.76. The van der Waals surface area contributed by atoms with Gasteiger partial charge in [0.2, 0.25) is 0 Å². The summed E-state index contributed by atoms with van der Waals surface area (Å²) in [7, 11) is 0. The van der Waals surface area contributed by atoms with Crippen LogP contribution in [0.3, 0.4) is 0 Å². The first-order valence-electron chi connectivity index (χ1n) is 10.3. The minimum absolute atomic E-state index is 0.0563. The van der Waals surface area contributed by atoms with E-state index in [-0.39, 0.29) is 23.8 Å². The standard InChI is InChI=1S/C22H21FN4O.C2H6/c1-14-3-8-18(19(23)9-14)20-10-21-22(28)26(12-15(2)27(21)25-20)13-17-6-4-16(11-24)5-7-17;1-2/h3-10,15,20,25H,12-13H2,1-2H3;1-2H3. The third-order valence-corrected chi connectivity index (χ3v) is 5.24. The molecule has 2 aliphatic rings. The van der Waals surface area contributed by atoms with E-state index in [1.54, 1.807) is 29.2 Å². The molecule has 1 fully saturated rings. The Balaban J connectivity index is 0.00000124. The number of carbonyl (C=O) groups excluding carboxylic acids is 1. The number of amides is 1. The molecular weight excluding hydrogens is 379 g/mol. The third kappa shape index (κ3) is 4.22. The van der Waals surface area contributed by atoms with E-state index >= 15 is 0 Å². The molecule has 2 aromatic rings. The number of hydrogen-bond donors (Lipinski definition) is 1. The Morgan fingerprint density at radius 1 is 1.20 bits per heavy atom. The third-order valence-electron chi connectivity index (χ3n) is 5.24. The normalized spacial score (nSPS) is 20.1. The highest BCUT2D eigenvalue weighted by atomic mass is 19.1. The van der Waals surface area contributed by atoms with Crippen molar-refractivity contribution in [2.24, 2.45) is 0 Å². The molecule has 4 rings (SSSR count). The zero-order chi connectivity index (χ0) is 21.8. The summed E-state index contributed by atoms with van der Waals surface area (Å²) in [4.78, 5) is 14.8. The van der Waals surface area contributed by atoms with Gasteiger partial charge in [0.15, 0.2) is 0 Å². The molecule has 1 N–H and O–H groups in total. The molecule has 5 nitrogen and oxygen atoms in total. The van der Waals surface area contributed by atoms with Crippen molar-refractivity contribution in [1.82, 2.24) is 15.3 Å². The topological polar surface area (TPSA) is 59.4 Å². The van der Waals surface area contributed by atoms with Gasteiger partial charge >= 0.3 is 0 Å². The maximum atomic E-state index is 14.4. The van der Waals surface area contributed by atoms with Gasteiger partial charge in [-0.3, -0.25) is 9.80 Å². The molecule has 6 heteroatoms. The van der Waals surface area contributed by atoms with Crippen LogP contribution in [0.4, 0.5) is 4.39 Å². The molecular formula is C24H27FN4O. The van der Waals surface area contributed by atoms with Crippen LogP contribution in [0.5, 0.6) is 0 Å². The van der Waals surface area contributed by atoms with Gasteiger partial charge in [0.25, 0.3) is 5.91 Å². The first-order chi connectivity index (χ1) is 14.5. The highest BCUT2D eigenvalue weighted by molar-refractivity contribution is 5.94. The number of nitriles is 1. The lowest BCUT2D eigenvalue weighted by Gasteiger charge is -2.40. The van der Waals surface area contributed by atoms with Gasteiger partial charge in [-0.2, -0.15) is 5.26 Å². The van der Waals surface area contributed by atoms with Crippen LogP contribution in [-0.2, 0) is 11.3 Å². The van der Waals surface area contributed by atoms with Crippen LogP contribution in [0.25, 0.3) is 0 Å². The number of piperazine rings is 1. The Kier molecular flexibility index (Phi) is 6.53. The Morgan fingerprint density at radius 2 is 1.90 bits per heavy atom. The number of nitrogens with one attached hydrogen (secondary N) is 1. The first kappa shape index (κ1) is 21.5. The van der Waals surface area contributed by atoms with Crippen molar-refractivity contribution in [3.63, 3.8) is 0 Å². The SMILES string of the molecule is CC.Cc1ccc(C2C=C3C(=O)N(Cc4ccc(C#N)cc4)CC(C)N3N2)c(F)c1. The molecule has 156 valence electrons. The number of aryl methyl sites for hydroxylation is 1. The number of halogens is 1. The summed E-state index contributed by atoms with van der Waals surface area (Å²) >= 11 is 0. The smallest absolute Gasteiger partial charge is 0.271 e. The van der Waals surface area contributed by atoms with Gasteiger partial charge in [-0.05, 0) is 49.2 Å². The summed E-state index contributed by atoms with van der Waals surface area (Å²) < 4.78 is 14.4. The largest absolute Gasteiger partial charge is 0.331 e. The van der Waals surface area contributed by atoms with E-state index in [1.807, 2.05) is 50.9 Å². The van der Waals surface area contributed by atoms with Crippen LogP contribution in [0.2, 0.25) is 0 Å². The maximum Gasteiger partial charge on any atom is 0.271 e. The lowest BCUT2D eigenvalue weighted by molar-refractivity contribution is -0.134. The van der Waals surface area contributed by atoms with E-state index in [2.05, 4.69) is 11.5 Å². The number of fused-ring (bicyclic) bond motifs is 1. The van der Waals surface area contributed by atoms with E-state index in [0.29, 0.717) is 29.9 Å². The number of benzene rings is 2. The molecule has 1 saturated heterocycles. The average Bonchev–Trinajstić information content (AvgIpc) is 3.20. The second-order valence-electron chi connectivity index (χ2n) is 7.40. The molecule has 2 aromatic carbocycles. The lowest BCUT2D eigenvalue weighted by atomic mass is 10.0. The lowest BCUT2D eigenvalue weighted by Crippen LogP contribution is -2.55. The van der Waals surface area contributed by atoms with Crippen molar-refractivity contribution in [1.29, 1.82) is 5.26 Å². The molecule has 2 atom stereocenters. The second-order valence-corrected chi connectivity index (χ2v) is 7.40. The van der Waals surface area contributed by atoms with Gasteiger partial charge in [0.1, 0.15) is 11.5 Å². The molecule has 0 radical (unpaired) electrons. The molecule has 30 heavy (non-hydrogen) atoms. The van der Waals surface area contributed by atoms with Crippen LogP contribution >= 0.6 is 0 Å². The molecule has 0 aromatic heterocycles. The summed E-state index contributed by atoms with van der Waals surface area (Å²) in [5, 5.41) is 10.8. The summed E-state index contributed by atoms with van der Waals surface area (Å²) in [6.45, 7) is 8.92. The number of rotatable bonds is 3. The van der Waals surface area contributed by atoms with Gasteiger partial charge in [0.05, 0.1) is 23.7 Å². The van der Waals surface area contributed by atoms with Crippen molar-refractivity contribution in [2.45, 2.75) is 46.3 Å². The predicted octanol–water partition coefficient (Wildman–Crippen LogP) is 4.21. The summed E-state index contributed by atoms with van der Waals surface area (Å²) in [6, 6.07) is 14.2. The summed E-state index contributed by atoms with van der Waals surface area (Å²) in [5.41, 5.74) is 6.79. The Labute approximate surface area is 177 Å². The van der Waals surface area contributed by atoms with Crippen molar-refractivity contribution in [3.8, 4) is 6.07 Å². The minimum Gasteiger partial charge on any atom is -0.331 e. The Hall–Kier alpha value is -3.17. The van der Waals surface area contributed by atoms with E-state index in [9.17, 15) is 9.18 Å². The molecule has 2 unspecified atom stereocenters. The molecule has 2 aliphatic heterocycles. The second kappa shape index (κ2) is 9.10. The zero-order valence-corrected chi connectivity index (χ0v) is 17.8. The fraction of sp³-hybridized carbons (Fsp3) is 0.333. The van der Waals surface area contributed by atoms with Crippen LogP contribution in [-0.4, -0.2) is 28.4 Å². The Bertz CT molecular complexity index is 993. The predicted molar refractivity (Wildman–Crippen MR) is 114 cm³/mol. The maximum absolute atomic E-state index is 14.4. The monoisotopic (exact) mass is 406 g/mol. The van der Waals surface area contributed by atoms with Gasteiger partial charge < -0.3 is 4.90 Å². The zero-order valence-electron chi connectivity index (χ0n) is 17.8. The number of hydrogen-bond acceptors (Lipinski definition) is 4. The van der Waals surface area contributed by atoms with Crippen molar-refractivity contribution in [3.05, 3.63) is 82.3 Å². The van der Waals surface area contributed by atoms with Gasteiger partial charge in [-0.1, -0.05) is 38.1 Å². The van der Waals surface area contributed by atoms with Gasteiger partial charge in [-0.25, -0.2) is 9.82 Å². The van der Waals surface area contributed by atoms with Crippen molar-refractivity contribution >= 4 is 5.91 Å². The van der Waals surface area contributed by atoms with Crippen molar-refractivity contribution in [2.75, 3.05) is 6.54 Å². The van der Waals surface area contributed by atoms with E-state index < -0.39 is 0 Å². The van der Waals surface area contributed by atoms with Gasteiger partial charge in [-0.15, -0.1) is 0 Å². The molecule has 0 spiro atoms. The van der Waals surface area contributed by atoms with E-state index in [1.165, 1.54) is 6.07 Å². The number of hydrazine groups is 1. The summed E-state index contributed by atoms with van der Waals surface area (Å²) in [5.74, 6) is -0.353. The molecule has 2 heterocycles. The van der Waals surface area contributed by atoms with E-state index in [4.69, 9.17) is 5.26 Å². The fourth-order valence-electron chi connectivity index (χ4n) is 3.76. The van der Waals surface area contributed by atoms with Crippen LogP contribution in [0.1, 0.15) is 49.1 Å². The highest BCUT2D eigenvalue weighted by Gasteiger charge is 2.39. The first-order valence-corrected chi connectivity index (χ1v) is 10.3. The molecule has 0 aliphatic carbocycles. The van der Waals surface area contributed by atoms with Crippen LogP contribution < -0.4 is 5.43 Å². The number of carbonyl (C=O) groups is 1.